The third-order valence-corrected chi connectivity index (χ3v) is 8.50. The molecular weight excluding hydrogens is 442 g/mol. The van der Waals surface area contributed by atoms with E-state index in [1.807, 2.05) is 41.3 Å². The molecule has 34 heavy (non-hydrogen) atoms. The molecule has 0 radical (unpaired) electrons. The zero-order chi connectivity index (χ0) is 24.1. The molecule has 2 aliphatic heterocycles. The second-order valence-electron chi connectivity index (χ2n) is 9.52. The van der Waals surface area contributed by atoms with Gasteiger partial charge in [0.05, 0.1) is 5.69 Å². The molecule has 0 saturated carbocycles. The maximum atomic E-state index is 13.6. The molecule has 7 heteroatoms. The van der Waals surface area contributed by atoms with E-state index in [1.165, 1.54) is 25.7 Å². The lowest BCUT2D eigenvalue weighted by Gasteiger charge is -2.39. The van der Waals surface area contributed by atoms with Crippen molar-refractivity contribution in [2.45, 2.75) is 74.6 Å². The van der Waals surface area contributed by atoms with Gasteiger partial charge in [0.1, 0.15) is 11.1 Å². The van der Waals surface area contributed by atoms with Crippen LogP contribution in [-0.4, -0.2) is 41.8 Å². The minimum absolute atomic E-state index is 0.127. The smallest absolute Gasteiger partial charge is 0.245 e. The van der Waals surface area contributed by atoms with Crippen LogP contribution in [-0.2, 0) is 4.79 Å². The highest BCUT2D eigenvalue weighted by atomic mass is 32.2. The molecule has 0 aliphatic carbocycles. The minimum Gasteiger partial charge on any atom is -0.382 e. The summed E-state index contributed by atoms with van der Waals surface area (Å²) in [7, 11) is 0. The summed E-state index contributed by atoms with van der Waals surface area (Å²) in [5.41, 5.74) is 8.59. The Morgan fingerprint density at radius 3 is 2.53 bits per heavy atom. The van der Waals surface area contributed by atoms with E-state index in [9.17, 15) is 4.79 Å². The molecule has 1 unspecified atom stereocenters. The Balaban J connectivity index is 1.43. The van der Waals surface area contributed by atoms with E-state index in [0.717, 1.165) is 47.6 Å². The van der Waals surface area contributed by atoms with Crippen molar-refractivity contribution in [1.82, 2.24) is 4.90 Å². The Bertz CT molecular complexity index is 1020. The van der Waals surface area contributed by atoms with Crippen LogP contribution in [0.3, 0.4) is 0 Å². The van der Waals surface area contributed by atoms with Crippen molar-refractivity contribution < 1.29 is 4.79 Å². The van der Waals surface area contributed by atoms with Gasteiger partial charge in [0.25, 0.3) is 0 Å². The Morgan fingerprint density at radius 2 is 1.76 bits per heavy atom. The van der Waals surface area contributed by atoms with E-state index >= 15 is 0 Å². The molecule has 3 atom stereocenters. The summed E-state index contributed by atoms with van der Waals surface area (Å²) in [6.07, 6.45) is 7.28. The fourth-order valence-electron chi connectivity index (χ4n) is 5.25. The molecule has 0 bridgehead atoms. The Labute approximate surface area is 207 Å². The molecule has 2 aliphatic rings. The van der Waals surface area contributed by atoms with Crippen molar-refractivity contribution in [2.24, 2.45) is 16.7 Å². The van der Waals surface area contributed by atoms with Gasteiger partial charge in [0, 0.05) is 29.1 Å². The van der Waals surface area contributed by atoms with Gasteiger partial charge in [-0.25, -0.2) is 0 Å². The summed E-state index contributed by atoms with van der Waals surface area (Å²) in [6, 6.07) is 17.3. The van der Waals surface area contributed by atoms with Crippen LogP contribution in [0.2, 0.25) is 0 Å². The number of hydrogen-bond donors (Lipinski definition) is 2. The number of fused-ring (bicyclic) bond motifs is 1. The standard InChI is InChI=1S/C27H37N5OS/c1-19-10-8-11-20(2)31(19)16-6-3-7-17-32-23-14-4-5-15-24(23)34-25(27(32)33)21-12-9-13-22(18-21)26(28)30-29/h4-5,9,12-15,18-20,25H,3,6-8,10-11,16-17,29H2,1-2H3,(H2,28,30)/t19-,20+,25?. The molecule has 1 amide bonds. The number of amides is 1. The monoisotopic (exact) mass is 479 g/mol. The number of rotatable bonds is 8. The van der Waals surface area contributed by atoms with Crippen molar-refractivity contribution in [3.05, 3.63) is 59.7 Å². The van der Waals surface area contributed by atoms with Gasteiger partial charge in [-0.2, -0.15) is 5.10 Å². The van der Waals surface area contributed by atoms with E-state index in [2.05, 4.69) is 36.0 Å². The Hall–Kier alpha value is -2.51. The van der Waals surface area contributed by atoms with Crippen molar-refractivity contribution in [2.75, 3.05) is 18.0 Å². The lowest BCUT2D eigenvalue weighted by molar-refractivity contribution is -0.118. The van der Waals surface area contributed by atoms with Crippen LogP contribution in [0.5, 0.6) is 0 Å². The summed E-state index contributed by atoms with van der Waals surface area (Å²) in [5, 5.41) is 3.29. The van der Waals surface area contributed by atoms with Crippen LogP contribution in [0.1, 0.15) is 68.7 Å². The average molecular weight is 480 g/mol. The zero-order valence-corrected chi connectivity index (χ0v) is 21.1. The summed E-state index contributed by atoms with van der Waals surface area (Å²) in [5.74, 6) is 5.76. The zero-order valence-electron chi connectivity index (χ0n) is 20.3. The number of benzene rings is 2. The molecule has 0 aromatic heterocycles. The normalized spacial score (nSPS) is 23.7. The van der Waals surface area contributed by atoms with Gasteiger partial charge in [0.15, 0.2) is 0 Å². The van der Waals surface area contributed by atoms with Crippen LogP contribution >= 0.6 is 11.8 Å². The van der Waals surface area contributed by atoms with Crippen molar-refractivity contribution in [1.29, 1.82) is 0 Å². The molecule has 2 heterocycles. The molecule has 182 valence electrons. The first-order chi connectivity index (χ1) is 16.5. The number of hydrazone groups is 1. The molecule has 4 rings (SSSR count). The van der Waals surface area contributed by atoms with Gasteiger partial charge < -0.3 is 16.5 Å². The van der Waals surface area contributed by atoms with E-state index in [-0.39, 0.29) is 17.0 Å². The first kappa shape index (κ1) is 24.6. The average Bonchev–Trinajstić information content (AvgIpc) is 2.85. The van der Waals surface area contributed by atoms with E-state index < -0.39 is 0 Å². The van der Waals surface area contributed by atoms with E-state index in [1.54, 1.807) is 11.8 Å². The number of hydrogen-bond acceptors (Lipinski definition) is 5. The first-order valence-corrected chi connectivity index (χ1v) is 13.3. The Morgan fingerprint density at radius 1 is 1.03 bits per heavy atom. The van der Waals surface area contributed by atoms with Gasteiger partial charge in [-0.15, -0.1) is 11.8 Å². The van der Waals surface area contributed by atoms with Gasteiger partial charge in [-0.1, -0.05) is 43.2 Å². The van der Waals surface area contributed by atoms with Gasteiger partial charge >= 0.3 is 0 Å². The van der Waals surface area contributed by atoms with Crippen molar-refractivity contribution in [3.8, 4) is 0 Å². The number of amidine groups is 1. The molecule has 6 nitrogen and oxygen atoms in total. The van der Waals surface area contributed by atoms with Crippen molar-refractivity contribution >= 4 is 29.2 Å². The predicted octanol–water partition coefficient (Wildman–Crippen LogP) is 4.88. The van der Waals surface area contributed by atoms with Crippen LogP contribution in [0, 0.1) is 0 Å². The number of carbonyl (C=O) groups excluding carboxylic acids is 1. The Kier molecular flexibility index (Phi) is 8.16. The summed E-state index contributed by atoms with van der Waals surface area (Å²) in [4.78, 5) is 19.4. The number of nitrogens with two attached hydrogens (primary N) is 2. The maximum Gasteiger partial charge on any atom is 0.245 e. The van der Waals surface area contributed by atoms with E-state index in [0.29, 0.717) is 12.1 Å². The lowest BCUT2D eigenvalue weighted by atomic mass is 9.97. The maximum absolute atomic E-state index is 13.6. The summed E-state index contributed by atoms with van der Waals surface area (Å²) >= 11 is 1.60. The number of para-hydroxylation sites is 1. The minimum atomic E-state index is -0.310. The molecule has 2 aromatic carbocycles. The van der Waals surface area contributed by atoms with Crippen molar-refractivity contribution in [3.63, 3.8) is 0 Å². The molecular formula is C27H37N5OS. The largest absolute Gasteiger partial charge is 0.382 e. The first-order valence-electron chi connectivity index (χ1n) is 12.5. The van der Waals surface area contributed by atoms with E-state index in [4.69, 9.17) is 11.6 Å². The van der Waals surface area contributed by atoms with Crippen LogP contribution in [0.4, 0.5) is 5.69 Å². The summed E-state index contributed by atoms with van der Waals surface area (Å²) in [6.45, 7) is 6.62. The molecule has 0 spiro atoms. The molecule has 1 fully saturated rings. The number of carbonyl (C=O) groups is 1. The topological polar surface area (TPSA) is 88.0 Å². The second-order valence-corrected chi connectivity index (χ2v) is 10.7. The highest BCUT2D eigenvalue weighted by molar-refractivity contribution is 8.00. The third kappa shape index (κ3) is 5.41. The number of anilines is 1. The second kappa shape index (κ2) is 11.3. The number of thioether (sulfide) groups is 1. The van der Waals surface area contributed by atoms with Crippen LogP contribution in [0.25, 0.3) is 0 Å². The highest BCUT2D eigenvalue weighted by Gasteiger charge is 2.34. The van der Waals surface area contributed by atoms with Crippen LogP contribution in [0.15, 0.2) is 58.5 Å². The number of unbranched alkanes of at least 4 members (excludes halogenated alkanes) is 2. The van der Waals surface area contributed by atoms with Gasteiger partial charge in [-0.3, -0.25) is 9.69 Å². The number of nitrogens with zero attached hydrogens (tertiary/aromatic N) is 3. The number of likely N-dealkylation sites (tertiary alicyclic amines) is 1. The number of piperidine rings is 1. The third-order valence-electron chi connectivity index (χ3n) is 7.19. The summed E-state index contributed by atoms with van der Waals surface area (Å²) < 4.78 is 0. The highest BCUT2D eigenvalue weighted by Crippen LogP contribution is 2.46. The SMILES string of the molecule is C[C@@H]1CCC[C@H](C)N1CCCCCN1C(=O)C(c2cccc(C(N)=NN)c2)Sc2ccccc21. The van der Waals surface area contributed by atoms with Crippen LogP contribution < -0.4 is 16.5 Å². The fraction of sp³-hybridized carbons (Fsp3) is 0.481. The fourth-order valence-corrected chi connectivity index (χ4v) is 6.47. The predicted molar refractivity (Wildman–Crippen MR) is 142 cm³/mol. The lowest BCUT2D eigenvalue weighted by Crippen LogP contribution is -2.44. The molecule has 4 N–H and O–H groups in total. The molecule has 2 aromatic rings. The molecule has 1 saturated heterocycles. The van der Waals surface area contributed by atoms with Gasteiger partial charge in [0.2, 0.25) is 5.91 Å². The van der Waals surface area contributed by atoms with Gasteiger partial charge in [-0.05, 0) is 69.8 Å². The quantitative estimate of drug-likeness (QED) is 0.185.